The first kappa shape index (κ1) is 41.7. The molecule has 1 amide bonds. The number of allylic oxidation sites excluding steroid dienone is 5. The third kappa shape index (κ3) is 29.2. The van der Waals surface area contributed by atoms with Gasteiger partial charge in [-0.25, -0.2) is 4.57 Å². The highest BCUT2D eigenvalue weighted by molar-refractivity contribution is 7.47. The fourth-order valence-corrected chi connectivity index (χ4v) is 5.33. The van der Waals surface area contributed by atoms with Gasteiger partial charge in [-0.15, -0.1) is 0 Å². The van der Waals surface area contributed by atoms with E-state index < -0.39 is 20.0 Å². The van der Waals surface area contributed by atoms with Crippen LogP contribution in [0.3, 0.4) is 0 Å². The first-order valence-corrected chi connectivity index (χ1v) is 18.6. The number of carbonyl (C=O) groups is 1. The lowest BCUT2D eigenvalue weighted by Gasteiger charge is -2.23. The Balaban J connectivity index is 4.49. The van der Waals surface area contributed by atoms with Crippen molar-refractivity contribution < 1.29 is 28.4 Å². The molecule has 43 heavy (non-hydrogen) atoms. The summed E-state index contributed by atoms with van der Waals surface area (Å²) in [7, 11) is -4.33. The van der Waals surface area contributed by atoms with Gasteiger partial charge in [0.05, 0.1) is 25.4 Å². The van der Waals surface area contributed by atoms with Crippen LogP contribution in [0, 0.1) is 0 Å². The number of nitrogens with two attached hydrogens (primary N) is 1. The molecule has 0 aliphatic carbocycles. The van der Waals surface area contributed by atoms with Crippen molar-refractivity contribution in [2.75, 3.05) is 19.8 Å². The molecule has 0 saturated heterocycles. The topological polar surface area (TPSA) is 131 Å². The number of unbranched alkanes of at least 4 members (excludes halogenated alkanes) is 15. The second-order valence-electron chi connectivity index (χ2n) is 11.4. The van der Waals surface area contributed by atoms with Crippen LogP contribution >= 0.6 is 7.82 Å². The van der Waals surface area contributed by atoms with Crippen LogP contribution in [-0.4, -0.2) is 47.8 Å². The first-order valence-electron chi connectivity index (χ1n) is 17.1. The maximum Gasteiger partial charge on any atom is 0.472 e. The molecule has 0 bridgehead atoms. The van der Waals surface area contributed by atoms with Gasteiger partial charge in [0.25, 0.3) is 0 Å². The normalized spacial score (nSPS) is 15.0. The van der Waals surface area contributed by atoms with Gasteiger partial charge in [-0.3, -0.25) is 13.8 Å². The van der Waals surface area contributed by atoms with E-state index in [9.17, 15) is 19.4 Å². The van der Waals surface area contributed by atoms with Crippen LogP contribution in [0.1, 0.15) is 142 Å². The average Bonchev–Trinajstić information content (AvgIpc) is 2.99. The Hall–Kier alpha value is -1.28. The number of nitrogens with one attached hydrogen (secondary N) is 1. The maximum absolute atomic E-state index is 12.6. The largest absolute Gasteiger partial charge is 0.472 e. The van der Waals surface area contributed by atoms with Crippen molar-refractivity contribution in [1.29, 1.82) is 0 Å². The van der Waals surface area contributed by atoms with Crippen molar-refractivity contribution >= 4 is 13.7 Å². The van der Waals surface area contributed by atoms with Crippen LogP contribution in [0.15, 0.2) is 36.5 Å². The molecule has 0 aromatic carbocycles. The summed E-state index contributed by atoms with van der Waals surface area (Å²) in [5, 5.41) is 13.5. The minimum absolute atomic E-state index is 0.0720. The summed E-state index contributed by atoms with van der Waals surface area (Å²) in [5.41, 5.74) is 5.33. The molecule has 0 aromatic heterocycles. The number of phosphoric ester groups is 1. The zero-order valence-corrected chi connectivity index (χ0v) is 28.3. The monoisotopic (exact) mass is 628 g/mol. The number of phosphoric acid groups is 1. The third-order valence-electron chi connectivity index (χ3n) is 7.20. The highest BCUT2D eigenvalue weighted by Crippen LogP contribution is 2.43. The molecule has 0 aliphatic heterocycles. The fraction of sp³-hybridized carbons (Fsp3) is 0.794. The summed E-state index contributed by atoms with van der Waals surface area (Å²) >= 11 is 0. The van der Waals surface area contributed by atoms with Gasteiger partial charge in [-0.1, -0.05) is 127 Å². The van der Waals surface area contributed by atoms with Crippen LogP contribution in [0.2, 0.25) is 0 Å². The molecule has 0 fully saturated rings. The van der Waals surface area contributed by atoms with Gasteiger partial charge in [-0.05, 0) is 44.9 Å². The van der Waals surface area contributed by atoms with E-state index in [1.165, 1.54) is 77.0 Å². The average molecular weight is 629 g/mol. The van der Waals surface area contributed by atoms with E-state index in [1.54, 1.807) is 6.08 Å². The van der Waals surface area contributed by atoms with E-state index >= 15 is 0 Å². The molecule has 0 aromatic rings. The summed E-state index contributed by atoms with van der Waals surface area (Å²) in [6, 6.07) is -0.877. The molecule has 252 valence electrons. The molecule has 0 radical (unpaired) electrons. The van der Waals surface area contributed by atoms with Gasteiger partial charge in [-0.2, -0.15) is 0 Å². The lowest BCUT2D eigenvalue weighted by molar-refractivity contribution is -0.123. The van der Waals surface area contributed by atoms with Crippen molar-refractivity contribution in [3.63, 3.8) is 0 Å². The second kappa shape index (κ2) is 30.7. The zero-order chi connectivity index (χ0) is 31.9. The summed E-state index contributed by atoms with van der Waals surface area (Å²) in [6.07, 6.45) is 33.3. The Morgan fingerprint density at radius 2 is 1.23 bits per heavy atom. The zero-order valence-electron chi connectivity index (χ0n) is 27.4. The van der Waals surface area contributed by atoms with Crippen LogP contribution in [0.4, 0.5) is 0 Å². The van der Waals surface area contributed by atoms with Gasteiger partial charge >= 0.3 is 7.82 Å². The molecular formula is C34H65N2O6P. The molecular weight excluding hydrogens is 563 g/mol. The number of hydrogen-bond donors (Lipinski definition) is 4. The Labute approximate surface area is 263 Å². The SMILES string of the molecule is CCCCCC/C=C/CC/C=C/CC/C=C/C(O)C(COP(=O)(O)OCCN)NC(=O)CCCCCCCCCCCC. The fourth-order valence-electron chi connectivity index (χ4n) is 4.57. The van der Waals surface area contributed by atoms with E-state index in [0.29, 0.717) is 6.42 Å². The third-order valence-corrected chi connectivity index (χ3v) is 8.18. The first-order chi connectivity index (χ1) is 20.9. The van der Waals surface area contributed by atoms with E-state index in [2.05, 4.69) is 43.5 Å². The number of carbonyl (C=O) groups excluding carboxylic acids is 1. The molecule has 3 unspecified atom stereocenters. The lowest BCUT2D eigenvalue weighted by atomic mass is 10.1. The minimum Gasteiger partial charge on any atom is -0.387 e. The number of hydrogen-bond acceptors (Lipinski definition) is 6. The van der Waals surface area contributed by atoms with Gasteiger partial charge < -0.3 is 21.1 Å². The molecule has 9 heteroatoms. The Morgan fingerprint density at radius 1 is 0.744 bits per heavy atom. The highest BCUT2D eigenvalue weighted by Gasteiger charge is 2.26. The molecule has 0 saturated carbocycles. The van der Waals surface area contributed by atoms with E-state index in [1.807, 2.05) is 6.08 Å². The number of rotatable bonds is 31. The Morgan fingerprint density at radius 3 is 1.79 bits per heavy atom. The van der Waals surface area contributed by atoms with Crippen LogP contribution in [0.25, 0.3) is 0 Å². The predicted octanol–water partition coefficient (Wildman–Crippen LogP) is 8.43. The highest BCUT2D eigenvalue weighted by atomic mass is 31.2. The summed E-state index contributed by atoms with van der Waals surface area (Å²) in [5.74, 6) is -0.214. The van der Waals surface area contributed by atoms with E-state index in [4.69, 9.17) is 14.8 Å². The Bertz CT molecular complexity index is 774. The number of aliphatic hydroxyl groups excluding tert-OH is 1. The van der Waals surface area contributed by atoms with Crippen molar-refractivity contribution in [3.05, 3.63) is 36.5 Å². The molecule has 0 aliphatic rings. The Kier molecular flexibility index (Phi) is 29.8. The maximum atomic E-state index is 12.6. The van der Waals surface area contributed by atoms with Crippen molar-refractivity contribution in [2.24, 2.45) is 5.73 Å². The van der Waals surface area contributed by atoms with Gasteiger partial charge in [0.1, 0.15) is 0 Å². The van der Waals surface area contributed by atoms with Gasteiger partial charge in [0.2, 0.25) is 5.91 Å². The minimum atomic E-state index is -4.33. The number of aliphatic hydroxyl groups is 1. The van der Waals surface area contributed by atoms with Gasteiger partial charge in [0, 0.05) is 13.0 Å². The van der Waals surface area contributed by atoms with Crippen molar-refractivity contribution in [3.8, 4) is 0 Å². The van der Waals surface area contributed by atoms with Crippen LogP contribution in [-0.2, 0) is 18.4 Å². The van der Waals surface area contributed by atoms with E-state index in [-0.39, 0.29) is 25.7 Å². The second-order valence-corrected chi connectivity index (χ2v) is 12.8. The summed E-state index contributed by atoms with van der Waals surface area (Å²) in [4.78, 5) is 22.5. The van der Waals surface area contributed by atoms with Crippen molar-refractivity contribution in [1.82, 2.24) is 5.32 Å². The molecule has 0 spiro atoms. The summed E-state index contributed by atoms with van der Waals surface area (Å²) in [6.45, 7) is 4.03. The molecule has 0 rings (SSSR count). The standard InChI is InChI=1S/C34H65N2O6P/c1-3-5-7-9-11-13-15-16-17-18-19-21-23-25-27-33(37)32(31-42-43(39,40)41-30-29-35)36-34(38)28-26-24-22-20-14-12-10-8-6-4-2/h13,15,18-19,25,27,32-33,37H,3-12,14,16-17,20-24,26,28-31,35H2,1-2H3,(H,36,38)(H,39,40)/b15-13+,19-18+,27-25+. The van der Waals surface area contributed by atoms with Crippen molar-refractivity contribution in [2.45, 2.75) is 154 Å². The smallest absolute Gasteiger partial charge is 0.387 e. The molecule has 8 nitrogen and oxygen atoms in total. The quantitative estimate of drug-likeness (QED) is 0.0344. The molecule has 5 N–H and O–H groups in total. The van der Waals surface area contributed by atoms with Crippen LogP contribution in [0.5, 0.6) is 0 Å². The van der Waals surface area contributed by atoms with E-state index in [0.717, 1.165) is 44.9 Å². The van der Waals surface area contributed by atoms with Gasteiger partial charge in [0.15, 0.2) is 0 Å². The molecule has 3 atom stereocenters. The lowest BCUT2D eigenvalue weighted by Crippen LogP contribution is -2.45. The predicted molar refractivity (Wildman–Crippen MR) is 180 cm³/mol. The number of amides is 1. The summed E-state index contributed by atoms with van der Waals surface area (Å²) < 4.78 is 21.9. The molecule has 0 heterocycles. The van der Waals surface area contributed by atoms with Crippen LogP contribution < -0.4 is 11.1 Å².